The molecule has 5 heteroatoms. The van der Waals surface area contributed by atoms with Gasteiger partial charge < -0.3 is 16.2 Å². The van der Waals surface area contributed by atoms with Crippen molar-refractivity contribution in [2.24, 2.45) is 28.9 Å². The minimum atomic E-state index is -0.607. The van der Waals surface area contributed by atoms with Crippen LogP contribution in [0.5, 0.6) is 0 Å². The smallest absolute Gasteiger partial charge is 0.238 e. The molecule has 0 aromatic carbocycles. The maximum absolute atomic E-state index is 12.7. The maximum atomic E-state index is 12.7. The summed E-state index contributed by atoms with van der Waals surface area (Å²) >= 11 is 0. The second-order valence-electron chi connectivity index (χ2n) is 8.89. The minimum Gasteiger partial charge on any atom is -0.390 e. The molecule has 0 spiro atoms. The normalized spacial score (nSPS) is 43.7. The molecule has 0 aliphatic heterocycles. The quantitative estimate of drug-likeness (QED) is 0.714. The third kappa shape index (κ3) is 2.77. The monoisotopic (exact) mass is 317 g/mol. The molecule has 4 atom stereocenters. The van der Waals surface area contributed by atoms with Gasteiger partial charge in [-0.15, -0.1) is 0 Å². The molecular weight excluding hydrogens is 290 g/mol. The van der Waals surface area contributed by atoms with Crippen molar-refractivity contribution in [3.8, 4) is 6.07 Å². The Morgan fingerprint density at radius 3 is 2.48 bits per heavy atom. The molecule has 0 heterocycles. The summed E-state index contributed by atoms with van der Waals surface area (Å²) in [6.07, 6.45) is 8.59. The van der Waals surface area contributed by atoms with Crippen LogP contribution in [0.1, 0.15) is 57.8 Å². The molecule has 5 saturated carbocycles. The van der Waals surface area contributed by atoms with Crippen molar-refractivity contribution in [1.82, 2.24) is 5.32 Å². The van der Waals surface area contributed by atoms with Gasteiger partial charge in [0.2, 0.25) is 5.91 Å². The lowest BCUT2D eigenvalue weighted by Gasteiger charge is -2.61. The number of carbonyl (C=O) groups excluding carboxylic acids is 1. The molecule has 0 aromatic rings. The van der Waals surface area contributed by atoms with Crippen LogP contribution in [0.4, 0.5) is 0 Å². The van der Waals surface area contributed by atoms with E-state index in [1.807, 2.05) is 0 Å². The summed E-state index contributed by atoms with van der Waals surface area (Å²) in [4.78, 5) is 12.7. The van der Waals surface area contributed by atoms with Gasteiger partial charge in [-0.2, -0.15) is 5.26 Å². The van der Waals surface area contributed by atoms with Gasteiger partial charge in [0.15, 0.2) is 0 Å². The Labute approximate surface area is 137 Å². The first-order chi connectivity index (χ1) is 10.9. The van der Waals surface area contributed by atoms with Crippen molar-refractivity contribution in [3.05, 3.63) is 0 Å². The summed E-state index contributed by atoms with van der Waals surface area (Å²) in [6, 6.07) is 1.18. The number of nitriles is 1. The lowest BCUT2D eigenvalue weighted by molar-refractivity contribution is -0.174. The van der Waals surface area contributed by atoms with Crippen molar-refractivity contribution >= 4 is 5.91 Å². The summed E-state index contributed by atoms with van der Waals surface area (Å²) in [5.74, 6) is 1.43. The molecule has 0 aromatic heterocycles. The van der Waals surface area contributed by atoms with Crippen LogP contribution in [0.15, 0.2) is 0 Å². The molecule has 5 aliphatic rings. The van der Waals surface area contributed by atoms with Crippen LogP contribution in [0.25, 0.3) is 0 Å². The van der Waals surface area contributed by atoms with E-state index in [1.54, 1.807) is 0 Å². The molecule has 0 saturated heterocycles. The number of hydrogen-bond acceptors (Lipinski definition) is 4. The van der Waals surface area contributed by atoms with Crippen molar-refractivity contribution in [2.75, 3.05) is 0 Å². The largest absolute Gasteiger partial charge is 0.390 e. The highest BCUT2D eigenvalue weighted by atomic mass is 16.3. The summed E-state index contributed by atoms with van der Waals surface area (Å²) in [5.41, 5.74) is 5.52. The predicted molar refractivity (Wildman–Crippen MR) is 84.9 cm³/mol. The molecular formula is C18H27N3O2. The van der Waals surface area contributed by atoms with Gasteiger partial charge in [0.1, 0.15) is 6.04 Å². The third-order valence-corrected chi connectivity index (χ3v) is 6.76. The average Bonchev–Trinajstić information content (AvgIpc) is 3.27. The van der Waals surface area contributed by atoms with E-state index in [1.165, 1.54) is 19.3 Å². The Kier molecular flexibility index (Phi) is 3.48. The topological polar surface area (TPSA) is 99.1 Å². The molecule has 0 radical (unpaired) electrons. The number of carbonyl (C=O) groups is 1. The molecule has 5 nitrogen and oxygen atoms in total. The van der Waals surface area contributed by atoms with E-state index in [9.17, 15) is 15.2 Å². The molecule has 126 valence electrons. The Bertz CT molecular complexity index is 537. The van der Waals surface area contributed by atoms with E-state index in [4.69, 9.17) is 5.73 Å². The highest BCUT2D eigenvalue weighted by molar-refractivity contribution is 5.83. The van der Waals surface area contributed by atoms with Gasteiger partial charge in [0, 0.05) is 0 Å². The molecule has 23 heavy (non-hydrogen) atoms. The van der Waals surface area contributed by atoms with E-state index in [-0.39, 0.29) is 11.3 Å². The lowest BCUT2D eigenvalue weighted by atomic mass is 9.46. The average molecular weight is 317 g/mol. The van der Waals surface area contributed by atoms with E-state index in [0.717, 1.165) is 32.1 Å². The van der Waals surface area contributed by atoms with Crippen LogP contribution in [-0.2, 0) is 4.79 Å². The van der Waals surface area contributed by atoms with Crippen molar-refractivity contribution in [2.45, 2.75) is 75.5 Å². The molecule has 3 unspecified atom stereocenters. The number of aliphatic hydroxyl groups is 1. The van der Waals surface area contributed by atoms with Crippen LogP contribution in [0, 0.1) is 34.5 Å². The zero-order chi connectivity index (χ0) is 16.2. The van der Waals surface area contributed by atoms with E-state index in [2.05, 4.69) is 11.4 Å². The first-order valence-corrected chi connectivity index (χ1v) is 9.09. The van der Waals surface area contributed by atoms with Crippen LogP contribution >= 0.6 is 0 Å². The molecule has 5 fully saturated rings. The Morgan fingerprint density at radius 2 is 1.96 bits per heavy atom. The molecule has 5 rings (SSSR count). The number of nitrogens with one attached hydrogen (secondary N) is 1. The predicted octanol–water partition coefficient (Wildman–Crippen LogP) is 1.45. The number of nitrogens with two attached hydrogens (primary N) is 1. The standard InChI is InChI=1S/C18H27N3O2/c19-9-14(4-11-1-2-11)21-16(22)15(20)17-5-12-3-13(6-17)8-18(23,7-12)10-17/h11-15,23H,1-8,10,20H2,(H,21,22)/t12?,13?,14-,15?,17?,18?/m0/s1. The Hall–Kier alpha value is -1.12. The number of rotatable bonds is 5. The van der Waals surface area contributed by atoms with E-state index in [0.29, 0.717) is 24.2 Å². The highest BCUT2D eigenvalue weighted by Gasteiger charge is 2.60. The van der Waals surface area contributed by atoms with Gasteiger partial charge in [-0.1, -0.05) is 12.8 Å². The SMILES string of the molecule is N#C[C@H](CC1CC1)NC(=O)C(N)C12CC3CC(CC(O)(C3)C1)C2. The first-order valence-electron chi connectivity index (χ1n) is 9.09. The Morgan fingerprint density at radius 1 is 1.30 bits per heavy atom. The fourth-order valence-electron chi connectivity index (χ4n) is 6.02. The molecule has 4 N–H and O–H groups in total. The fraction of sp³-hybridized carbons (Fsp3) is 0.889. The number of nitrogens with zero attached hydrogens (tertiary/aromatic N) is 1. The summed E-state index contributed by atoms with van der Waals surface area (Å²) in [5, 5.41) is 22.9. The van der Waals surface area contributed by atoms with Crippen LogP contribution < -0.4 is 11.1 Å². The first kappa shape index (κ1) is 15.4. The van der Waals surface area contributed by atoms with Crippen molar-refractivity contribution in [1.29, 1.82) is 5.26 Å². The van der Waals surface area contributed by atoms with Gasteiger partial charge in [-0.05, 0) is 68.1 Å². The second-order valence-corrected chi connectivity index (χ2v) is 8.89. The summed E-state index contributed by atoms with van der Waals surface area (Å²) < 4.78 is 0. The maximum Gasteiger partial charge on any atom is 0.238 e. The van der Waals surface area contributed by atoms with Gasteiger partial charge in [-0.3, -0.25) is 4.79 Å². The van der Waals surface area contributed by atoms with Crippen molar-refractivity contribution < 1.29 is 9.90 Å². The van der Waals surface area contributed by atoms with Crippen LogP contribution in [0.3, 0.4) is 0 Å². The van der Waals surface area contributed by atoms with Gasteiger partial charge >= 0.3 is 0 Å². The molecule has 4 bridgehead atoms. The zero-order valence-electron chi connectivity index (χ0n) is 13.6. The summed E-state index contributed by atoms with van der Waals surface area (Å²) in [7, 11) is 0. The molecule has 5 aliphatic carbocycles. The third-order valence-electron chi connectivity index (χ3n) is 6.76. The van der Waals surface area contributed by atoms with Gasteiger partial charge in [-0.25, -0.2) is 0 Å². The highest BCUT2D eigenvalue weighted by Crippen LogP contribution is 2.62. The van der Waals surface area contributed by atoms with Crippen LogP contribution in [-0.4, -0.2) is 28.7 Å². The second kappa shape index (κ2) is 5.19. The van der Waals surface area contributed by atoms with Gasteiger partial charge in [0.25, 0.3) is 0 Å². The van der Waals surface area contributed by atoms with Gasteiger partial charge in [0.05, 0.1) is 17.7 Å². The zero-order valence-corrected chi connectivity index (χ0v) is 13.6. The van der Waals surface area contributed by atoms with E-state index >= 15 is 0 Å². The summed E-state index contributed by atoms with van der Waals surface area (Å²) in [6.45, 7) is 0. The van der Waals surface area contributed by atoms with E-state index < -0.39 is 17.7 Å². The number of hydrogen-bond donors (Lipinski definition) is 3. The molecule has 1 amide bonds. The minimum absolute atomic E-state index is 0.192. The lowest BCUT2D eigenvalue weighted by Crippen LogP contribution is -2.64. The van der Waals surface area contributed by atoms with Crippen molar-refractivity contribution in [3.63, 3.8) is 0 Å². The Balaban J connectivity index is 1.46. The fourth-order valence-corrected chi connectivity index (χ4v) is 6.02. The number of amides is 1. The van der Waals surface area contributed by atoms with Crippen LogP contribution in [0.2, 0.25) is 0 Å².